The summed E-state index contributed by atoms with van der Waals surface area (Å²) in [6.07, 6.45) is -5.59. The number of anilines is 1. The summed E-state index contributed by atoms with van der Waals surface area (Å²) in [5, 5.41) is 0. The first-order valence-electron chi connectivity index (χ1n) is 6.59. The van der Waals surface area contributed by atoms with Crippen molar-refractivity contribution in [2.24, 2.45) is 5.73 Å². The number of para-hydroxylation sites is 2. The van der Waals surface area contributed by atoms with Gasteiger partial charge in [-0.15, -0.1) is 0 Å². The number of carbonyl (C=O) groups is 1. The highest BCUT2D eigenvalue weighted by molar-refractivity contribution is 5.94. The highest BCUT2D eigenvalue weighted by atomic mass is 19.4. The van der Waals surface area contributed by atoms with Crippen LogP contribution in [0, 0.1) is 0 Å². The van der Waals surface area contributed by atoms with E-state index in [1.165, 1.54) is 12.0 Å². The minimum absolute atomic E-state index is 0.258. The molecule has 1 aromatic carbocycles. The van der Waals surface area contributed by atoms with Crippen LogP contribution in [0.4, 0.5) is 18.9 Å². The highest BCUT2D eigenvalue weighted by Crippen LogP contribution is 2.29. The van der Waals surface area contributed by atoms with Crippen molar-refractivity contribution >= 4 is 11.6 Å². The van der Waals surface area contributed by atoms with E-state index in [0.717, 1.165) is 0 Å². The SMILES string of the molecule is COc1ccccc1N(CCCN)C(=O)CCC(F)(F)F. The molecule has 1 amide bonds. The topological polar surface area (TPSA) is 55.6 Å². The number of nitrogens with two attached hydrogens (primary N) is 1. The van der Waals surface area contributed by atoms with E-state index >= 15 is 0 Å². The number of benzene rings is 1. The van der Waals surface area contributed by atoms with E-state index in [2.05, 4.69) is 0 Å². The molecule has 7 heteroatoms. The van der Waals surface area contributed by atoms with E-state index in [9.17, 15) is 18.0 Å². The molecule has 0 saturated heterocycles. The first kappa shape index (κ1) is 17.3. The molecule has 0 unspecified atom stereocenters. The molecule has 0 fully saturated rings. The molecule has 0 aliphatic heterocycles. The van der Waals surface area contributed by atoms with Crippen LogP contribution < -0.4 is 15.4 Å². The molecule has 0 spiro atoms. The third-order valence-corrected chi connectivity index (χ3v) is 2.89. The summed E-state index contributed by atoms with van der Waals surface area (Å²) in [5.41, 5.74) is 5.88. The van der Waals surface area contributed by atoms with Gasteiger partial charge in [0.25, 0.3) is 0 Å². The predicted octanol–water partition coefficient (Wildman–Crippen LogP) is 2.72. The fourth-order valence-corrected chi connectivity index (χ4v) is 1.87. The zero-order valence-electron chi connectivity index (χ0n) is 11.8. The molecule has 0 bridgehead atoms. The second-order valence-corrected chi connectivity index (χ2v) is 4.47. The fraction of sp³-hybridized carbons (Fsp3) is 0.500. The van der Waals surface area contributed by atoms with Crippen LogP contribution in [0.3, 0.4) is 0 Å². The standard InChI is InChI=1S/C14H19F3N2O2/c1-21-12-6-3-2-5-11(12)19(10-4-9-18)13(20)7-8-14(15,16)17/h2-3,5-6H,4,7-10,18H2,1H3. The summed E-state index contributed by atoms with van der Waals surface area (Å²) >= 11 is 0. The van der Waals surface area contributed by atoms with Crippen molar-refractivity contribution in [3.05, 3.63) is 24.3 Å². The van der Waals surface area contributed by atoms with Gasteiger partial charge in [0, 0.05) is 13.0 Å². The van der Waals surface area contributed by atoms with Crippen LogP contribution in [-0.4, -0.2) is 32.3 Å². The normalized spacial score (nSPS) is 11.3. The predicted molar refractivity (Wildman–Crippen MR) is 74.3 cm³/mol. The Labute approximate surface area is 121 Å². The van der Waals surface area contributed by atoms with E-state index in [1.807, 2.05) is 0 Å². The molecule has 0 saturated carbocycles. The van der Waals surface area contributed by atoms with Gasteiger partial charge in [0.2, 0.25) is 5.91 Å². The van der Waals surface area contributed by atoms with Crippen molar-refractivity contribution in [1.29, 1.82) is 0 Å². The van der Waals surface area contributed by atoms with Gasteiger partial charge >= 0.3 is 6.18 Å². The molecule has 2 N–H and O–H groups in total. The lowest BCUT2D eigenvalue weighted by molar-refractivity contribution is -0.143. The van der Waals surface area contributed by atoms with Crippen LogP contribution in [-0.2, 0) is 4.79 Å². The van der Waals surface area contributed by atoms with Gasteiger partial charge in [-0.3, -0.25) is 4.79 Å². The Hall–Kier alpha value is -1.76. The Bertz CT molecular complexity index is 464. The first-order valence-corrected chi connectivity index (χ1v) is 6.59. The third-order valence-electron chi connectivity index (χ3n) is 2.89. The zero-order valence-corrected chi connectivity index (χ0v) is 11.8. The second-order valence-electron chi connectivity index (χ2n) is 4.47. The van der Waals surface area contributed by atoms with Crippen molar-refractivity contribution in [1.82, 2.24) is 0 Å². The summed E-state index contributed by atoms with van der Waals surface area (Å²) in [6.45, 7) is 0.603. The van der Waals surface area contributed by atoms with Gasteiger partial charge < -0.3 is 15.4 Å². The van der Waals surface area contributed by atoms with Gasteiger partial charge in [-0.25, -0.2) is 0 Å². The van der Waals surface area contributed by atoms with E-state index < -0.39 is 24.9 Å². The number of ether oxygens (including phenoxy) is 1. The van der Waals surface area contributed by atoms with Crippen LogP contribution in [0.5, 0.6) is 5.75 Å². The van der Waals surface area contributed by atoms with Gasteiger partial charge in [-0.2, -0.15) is 13.2 Å². The maximum absolute atomic E-state index is 12.3. The monoisotopic (exact) mass is 304 g/mol. The van der Waals surface area contributed by atoms with Crippen molar-refractivity contribution < 1.29 is 22.7 Å². The number of hydrogen-bond acceptors (Lipinski definition) is 3. The molecule has 4 nitrogen and oxygen atoms in total. The average Bonchev–Trinajstić information content (AvgIpc) is 2.45. The molecular weight excluding hydrogens is 285 g/mol. The summed E-state index contributed by atoms with van der Waals surface area (Å²) < 4.78 is 41.9. The molecule has 21 heavy (non-hydrogen) atoms. The van der Waals surface area contributed by atoms with Crippen LogP contribution >= 0.6 is 0 Å². The number of rotatable bonds is 7. The highest BCUT2D eigenvalue weighted by Gasteiger charge is 2.29. The number of halogens is 3. The summed E-state index contributed by atoms with van der Waals surface area (Å²) in [7, 11) is 1.44. The molecule has 0 aliphatic carbocycles. The Balaban J connectivity index is 2.91. The van der Waals surface area contributed by atoms with E-state index in [4.69, 9.17) is 10.5 Å². The van der Waals surface area contributed by atoms with Gasteiger partial charge in [0.05, 0.1) is 19.2 Å². The fourth-order valence-electron chi connectivity index (χ4n) is 1.87. The van der Waals surface area contributed by atoms with Gasteiger partial charge in [0.1, 0.15) is 5.75 Å². The van der Waals surface area contributed by atoms with Gasteiger partial charge in [-0.1, -0.05) is 12.1 Å². The minimum Gasteiger partial charge on any atom is -0.495 e. The Morgan fingerprint density at radius 3 is 2.57 bits per heavy atom. The lowest BCUT2D eigenvalue weighted by Crippen LogP contribution is -2.34. The van der Waals surface area contributed by atoms with Crippen LogP contribution in [0.2, 0.25) is 0 Å². The molecule has 0 aliphatic rings. The quantitative estimate of drug-likeness (QED) is 0.842. The lowest BCUT2D eigenvalue weighted by atomic mass is 10.2. The number of nitrogens with zero attached hydrogens (tertiary/aromatic N) is 1. The largest absolute Gasteiger partial charge is 0.495 e. The molecule has 0 heterocycles. The lowest BCUT2D eigenvalue weighted by Gasteiger charge is -2.24. The molecule has 1 rings (SSSR count). The number of carbonyl (C=O) groups excluding carboxylic acids is 1. The number of alkyl halides is 3. The van der Waals surface area contributed by atoms with Gasteiger partial charge in [0.15, 0.2) is 0 Å². The Kier molecular flexibility index (Phi) is 6.48. The van der Waals surface area contributed by atoms with Crippen LogP contribution in [0.15, 0.2) is 24.3 Å². The van der Waals surface area contributed by atoms with Crippen LogP contribution in [0.1, 0.15) is 19.3 Å². The molecule has 1 aromatic rings. The van der Waals surface area contributed by atoms with Crippen molar-refractivity contribution in [2.75, 3.05) is 25.1 Å². The Morgan fingerprint density at radius 1 is 1.33 bits per heavy atom. The molecule has 0 radical (unpaired) electrons. The molecule has 118 valence electrons. The molecule has 0 aromatic heterocycles. The summed E-state index contributed by atoms with van der Waals surface area (Å²) in [6, 6.07) is 6.72. The summed E-state index contributed by atoms with van der Waals surface area (Å²) in [4.78, 5) is 13.4. The van der Waals surface area contributed by atoms with Crippen LogP contribution in [0.25, 0.3) is 0 Å². The maximum Gasteiger partial charge on any atom is 0.389 e. The summed E-state index contributed by atoms with van der Waals surface area (Å²) in [5.74, 6) is -0.153. The third kappa shape index (κ3) is 5.63. The van der Waals surface area contributed by atoms with E-state index in [0.29, 0.717) is 24.4 Å². The maximum atomic E-state index is 12.3. The van der Waals surface area contributed by atoms with Crippen molar-refractivity contribution in [3.63, 3.8) is 0 Å². The average molecular weight is 304 g/mol. The Morgan fingerprint density at radius 2 is 2.00 bits per heavy atom. The minimum atomic E-state index is -4.35. The smallest absolute Gasteiger partial charge is 0.389 e. The zero-order chi connectivity index (χ0) is 15.9. The number of methoxy groups -OCH3 is 1. The second kappa shape index (κ2) is 7.87. The number of amides is 1. The first-order chi connectivity index (χ1) is 9.89. The van der Waals surface area contributed by atoms with Crippen molar-refractivity contribution in [3.8, 4) is 5.75 Å². The van der Waals surface area contributed by atoms with Crippen molar-refractivity contribution in [2.45, 2.75) is 25.4 Å². The molecular formula is C14H19F3N2O2. The van der Waals surface area contributed by atoms with E-state index in [1.54, 1.807) is 24.3 Å². The molecule has 0 atom stereocenters. The number of hydrogen-bond donors (Lipinski definition) is 1. The van der Waals surface area contributed by atoms with E-state index in [-0.39, 0.29) is 6.54 Å². The van der Waals surface area contributed by atoms with Gasteiger partial charge in [-0.05, 0) is 25.1 Å².